The minimum absolute atomic E-state index is 0.880. The molecule has 0 saturated heterocycles. The molecule has 2 aromatic carbocycles. The van der Waals surface area contributed by atoms with Crippen LogP contribution < -0.4 is 10.0 Å². The van der Waals surface area contributed by atoms with Gasteiger partial charge in [0.15, 0.2) is 0 Å². The first-order valence-electron chi connectivity index (χ1n) is 8.35. The zero-order valence-corrected chi connectivity index (χ0v) is 13.0. The van der Waals surface area contributed by atoms with Crippen LogP contribution in [0.2, 0.25) is 0 Å². The lowest BCUT2D eigenvalue weighted by Gasteiger charge is -2.38. The summed E-state index contributed by atoms with van der Waals surface area (Å²) < 4.78 is 0. The van der Waals surface area contributed by atoms with Gasteiger partial charge in [0.2, 0.25) is 0 Å². The van der Waals surface area contributed by atoms with E-state index >= 15 is 0 Å². The van der Waals surface area contributed by atoms with Gasteiger partial charge >= 0.3 is 0 Å². The zero-order chi connectivity index (χ0) is 14.8. The molecule has 2 aromatic rings. The fourth-order valence-corrected chi connectivity index (χ4v) is 3.60. The molecule has 0 bridgehead atoms. The van der Waals surface area contributed by atoms with Crippen molar-refractivity contribution in [2.45, 2.75) is 32.1 Å². The molecular weight excluding hydrogens is 268 g/mol. The van der Waals surface area contributed by atoms with E-state index in [2.05, 4.69) is 65.0 Å². The summed E-state index contributed by atoms with van der Waals surface area (Å²) in [7, 11) is 0. The number of hydrogen-bond acceptors (Lipinski definition) is 2. The van der Waals surface area contributed by atoms with Crippen LogP contribution in [0.4, 0.5) is 11.4 Å². The minimum atomic E-state index is 0.880. The average molecular weight is 290 g/mol. The molecule has 0 atom stereocenters. The van der Waals surface area contributed by atoms with Gasteiger partial charge < -0.3 is 0 Å². The van der Waals surface area contributed by atoms with Gasteiger partial charge in [-0.15, -0.1) is 0 Å². The van der Waals surface area contributed by atoms with Crippen LogP contribution in [-0.4, -0.2) is 13.1 Å². The molecule has 0 aromatic heterocycles. The molecule has 22 heavy (non-hydrogen) atoms. The molecule has 2 radical (unpaired) electrons. The Morgan fingerprint density at radius 3 is 2.23 bits per heavy atom. The normalized spacial score (nSPS) is 18.2. The number of para-hydroxylation sites is 2. The number of nitrogens with zero attached hydrogens (tertiary/aromatic N) is 2. The van der Waals surface area contributed by atoms with Gasteiger partial charge in [0, 0.05) is 19.5 Å². The summed E-state index contributed by atoms with van der Waals surface area (Å²) in [6, 6.07) is 17.7. The number of hydrazine groups is 1. The van der Waals surface area contributed by atoms with Gasteiger partial charge in [-0.2, -0.15) is 0 Å². The molecule has 0 fully saturated rings. The third kappa shape index (κ3) is 2.47. The molecule has 4 rings (SSSR count). The number of benzene rings is 2. The van der Waals surface area contributed by atoms with Gasteiger partial charge in [-0.3, -0.25) is 10.0 Å². The molecule has 0 spiro atoms. The summed E-state index contributed by atoms with van der Waals surface area (Å²) in [5.41, 5.74) is 5.64. The van der Waals surface area contributed by atoms with Crippen molar-refractivity contribution in [3.63, 3.8) is 0 Å². The van der Waals surface area contributed by atoms with E-state index in [1.54, 1.807) is 0 Å². The second kappa shape index (κ2) is 6.04. The lowest BCUT2D eigenvalue weighted by molar-refractivity contribution is 0.687. The van der Waals surface area contributed by atoms with Crippen LogP contribution in [-0.2, 0) is 12.8 Å². The first-order chi connectivity index (χ1) is 10.9. The molecule has 2 nitrogen and oxygen atoms in total. The van der Waals surface area contributed by atoms with Crippen molar-refractivity contribution in [3.05, 3.63) is 66.1 Å². The molecule has 0 unspecified atom stereocenters. The topological polar surface area (TPSA) is 6.48 Å². The Hall–Kier alpha value is -1.96. The van der Waals surface area contributed by atoms with Crippen molar-refractivity contribution in [2.75, 3.05) is 23.1 Å². The Bertz CT molecular complexity index is 592. The van der Waals surface area contributed by atoms with E-state index in [-0.39, 0.29) is 0 Å². The van der Waals surface area contributed by atoms with Crippen LogP contribution in [0.15, 0.2) is 48.5 Å². The maximum Gasteiger partial charge on any atom is 0.0606 e. The van der Waals surface area contributed by atoms with Crippen molar-refractivity contribution in [3.8, 4) is 0 Å². The van der Waals surface area contributed by atoms with Gasteiger partial charge in [-0.1, -0.05) is 36.4 Å². The monoisotopic (exact) mass is 290 g/mol. The van der Waals surface area contributed by atoms with Crippen LogP contribution in [0.3, 0.4) is 0 Å². The summed E-state index contributed by atoms with van der Waals surface area (Å²) in [5.74, 6) is 0. The summed E-state index contributed by atoms with van der Waals surface area (Å²) in [5, 5.41) is 4.92. The van der Waals surface area contributed by atoms with Crippen LogP contribution >= 0.6 is 0 Å². The highest BCUT2D eigenvalue weighted by Crippen LogP contribution is 2.33. The van der Waals surface area contributed by atoms with Crippen molar-refractivity contribution >= 4 is 11.4 Å². The first-order valence-corrected chi connectivity index (χ1v) is 8.35. The number of anilines is 2. The van der Waals surface area contributed by atoms with Crippen LogP contribution in [0.25, 0.3) is 0 Å². The third-order valence-corrected chi connectivity index (χ3v) is 4.73. The Labute approximate surface area is 133 Å². The summed E-state index contributed by atoms with van der Waals surface area (Å²) in [6.45, 7) is 1.97. The second-order valence-electron chi connectivity index (χ2n) is 6.15. The molecule has 112 valence electrons. The van der Waals surface area contributed by atoms with Crippen molar-refractivity contribution < 1.29 is 0 Å². The minimum Gasteiger partial charge on any atom is -0.285 e. The van der Waals surface area contributed by atoms with Crippen LogP contribution in [0.5, 0.6) is 0 Å². The van der Waals surface area contributed by atoms with E-state index in [9.17, 15) is 0 Å². The summed E-state index contributed by atoms with van der Waals surface area (Å²) in [6.07, 6.45) is 9.43. The lowest BCUT2D eigenvalue weighted by atomic mass is 10.1. The van der Waals surface area contributed by atoms with Crippen molar-refractivity contribution in [2.24, 2.45) is 0 Å². The van der Waals surface area contributed by atoms with E-state index in [1.807, 2.05) is 0 Å². The summed E-state index contributed by atoms with van der Waals surface area (Å²) >= 11 is 0. The Kier molecular flexibility index (Phi) is 3.75. The van der Waals surface area contributed by atoms with Crippen molar-refractivity contribution in [1.29, 1.82) is 0 Å². The molecule has 2 aliphatic rings. The highest BCUT2D eigenvalue weighted by molar-refractivity contribution is 5.64. The highest BCUT2D eigenvalue weighted by Gasteiger charge is 2.24. The number of hydrogen-bond donors (Lipinski definition) is 0. The fourth-order valence-electron chi connectivity index (χ4n) is 3.60. The SMILES string of the molecule is [C]1CCc2ccccc2N(N2CCCCc3ccccc32)C1. The van der Waals surface area contributed by atoms with Gasteiger partial charge in [0.05, 0.1) is 11.4 Å². The molecule has 0 saturated carbocycles. The third-order valence-electron chi connectivity index (χ3n) is 4.73. The molecular formula is C20H22N2. The maximum absolute atomic E-state index is 3.58. The predicted molar refractivity (Wildman–Crippen MR) is 92.1 cm³/mol. The van der Waals surface area contributed by atoms with Crippen molar-refractivity contribution in [1.82, 2.24) is 0 Å². The van der Waals surface area contributed by atoms with Gasteiger partial charge in [-0.05, 0) is 55.4 Å². The molecule has 2 aliphatic heterocycles. The quantitative estimate of drug-likeness (QED) is 0.773. The largest absolute Gasteiger partial charge is 0.285 e. The van der Waals surface area contributed by atoms with Gasteiger partial charge in [0.25, 0.3) is 0 Å². The standard InChI is InChI=1S/C20H22N2/c1-3-13-19-17(9-1)11-5-7-15-21(19)22-16-8-6-12-18-10-2-4-14-20(18)22/h1-4,9-10,13-14H,5-7,11-12,15-16H2. The average Bonchev–Trinajstić information content (AvgIpc) is 2.90. The maximum atomic E-state index is 3.58. The predicted octanol–water partition coefficient (Wildman–Crippen LogP) is 4.28. The number of rotatable bonds is 1. The molecule has 0 aliphatic carbocycles. The van der Waals surface area contributed by atoms with Crippen LogP contribution in [0.1, 0.15) is 30.4 Å². The highest BCUT2D eigenvalue weighted by atomic mass is 15.6. The van der Waals surface area contributed by atoms with Gasteiger partial charge in [-0.25, -0.2) is 0 Å². The molecule has 2 heterocycles. The Balaban J connectivity index is 1.78. The molecule has 0 N–H and O–H groups in total. The lowest BCUT2D eigenvalue weighted by Crippen LogP contribution is -2.44. The van der Waals surface area contributed by atoms with E-state index in [0.717, 1.165) is 25.9 Å². The smallest absolute Gasteiger partial charge is 0.0606 e. The van der Waals surface area contributed by atoms with Gasteiger partial charge in [0.1, 0.15) is 0 Å². The molecule has 0 amide bonds. The Morgan fingerprint density at radius 2 is 1.41 bits per heavy atom. The zero-order valence-electron chi connectivity index (χ0n) is 13.0. The number of aryl methyl sites for hydroxylation is 2. The van der Waals surface area contributed by atoms with Crippen LogP contribution in [0, 0.1) is 6.42 Å². The van der Waals surface area contributed by atoms with E-state index < -0.39 is 0 Å². The van der Waals surface area contributed by atoms with E-state index in [0.29, 0.717) is 0 Å². The Morgan fingerprint density at radius 1 is 0.727 bits per heavy atom. The molecule has 2 heteroatoms. The number of fused-ring (bicyclic) bond motifs is 2. The first kappa shape index (κ1) is 13.7. The summed E-state index contributed by atoms with van der Waals surface area (Å²) in [4.78, 5) is 0. The van der Waals surface area contributed by atoms with E-state index in [4.69, 9.17) is 0 Å². The van der Waals surface area contributed by atoms with E-state index in [1.165, 1.54) is 41.8 Å². The fraction of sp³-hybridized carbons (Fsp3) is 0.350. The second-order valence-corrected chi connectivity index (χ2v) is 6.15.